The minimum atomic E-state index is 0.0747. The molecule has 0 radical (unpaired) electrons. The average molecular weight is 354 g/mol. The standard InChI is InChI=1S/C22H30N2O2/c1-16(2)20-7-5-6-17(3)22(20)24-15-13-21(25)23-14-12-18-8-10-19(26-4)11-9-18/h5-11,16,24H,12-15H2,1-4H3,(H,23,25). The first kappa shape index (κ1) is 19.8. The summed E-state index contributed by atoms with van der Waals surface area (Å²) in [6.07, 6.45) is 1.28. The van der Waals surface area contributed by atoms with E-state index in [0.717, 1.165) is 17.9 Å². The summed E-state index contributed by atoms with van der Waals surface area (Å²) in [5, 5.41) is 6.43. The number of nitrogens with one attached hydrogen (secondary N) is 2. The van der Waals surface area contributed by atoms with E-state index in [9.17, 15) is 4.79 Å². The summed E-state index contributed by atoms with van der Waals surface area (Å²) >= 11 is 0. The van der Waals surface area contributed by atoms with Crippen LogP contribution in [-0.2, 0) is 11.2 Å². The van der Waals surface area contributed by atoms with Crippen molar-refractivity contribution in [2.45, 2.75) is 39.5 Å². The van der Waals surface area contributed by atoms with E-state index < -0.39 is 0 Å². The van der Waals surface area contributed by atoms with E-state index in [4.69, 9.17) is 4.74 Å². The Morgan fingerprint density at radius 1 is 1.08 bits per heavy atom. The van der Waals surface area contributed by atoms with E-state index >= 15 is 0 Å². The molecule has 1 amide bonds. The van der Waals surface area contributed by atoms with Crippen molar-refractivity contribution in [1.82, 2.24) is 5.32 Å². The van der Waals surface area contributed by atoms with Crippen molar-refractivity contribution in [2.24, 2.45) is 0 Å². The maximum Gasteiger partial charge on any atom is 0.221 e. The smallest absolute Gasteiger partial charge is 0.221 e. The molecule has 2 aromatic rings. The number of benzene rings is 2. The number of para-hydroxylation sites is 1. The highest BCUT2D eigenvalue weighted by Gasteiger charge is 2.09. The second-order valence-electron chi connectivity index (χ2n) is 6.82. The summed E-state index contributed by atoms with van der Waals surface area (Å²) < 4.78 is 5.15. The molecule has 0 fully saturated rings. The molecule has 0 heterocycles. The van der Waals surface area contributed by atoms with Crippen LogP contribution < -0.4 is 15.4 Å². The van der Waals surface area contributed by atoms with Gasteiger partial charge in [0.15, 0.2) is 0 Å². The molecule has 140 valence electrons. The Kier molecular flexibility index (Phi) is 7.52. The summed E-state index contributed by atoms with van der Waals surface area (Å²) in [6, 6.07) is 14.3. The SMILES string of the molecule is COc1ccc(CCNC(=O)CCNc2c(C)cccc2C(C)C)cc1. The van der Waals surface area contributed by atoms with Crippen molar-refractivity contribution in [3.63, 3.8) is 0 Å². The number of amides is 1. The van der Waals surface area contributed by atoms with E-state index in [-0.39, 0.29) is 5.91 Å². The number of ether oxygens (including phenoxy) is 1. The minimum Gasteiger partial charge on any atom is -0.497 e. The minimum absolute atomic E-state index is 0.0747. The number of anilines is 1. The largest absolute Gasteiger partial charge is 0.497 e. The van der Waals surface area contributed by atoms with Crippen molar-refractivity contribution < 1.29 is 9.53 Å². The number of rotatable bonds is 9. The molecular weight excluding hydrogens is 324 g/mol. The molecule has 0 aliphatic heterocycles. The average Bonchev–Trinajstić information content (AvgIpc) is 2.63. The molecule has 0 bridgehead atoms. The normalized spacial score (nSPS) is 10.7. The van der Waals surface area contributed by atoms with Crippen LogP contribution in [0.1, 0.15) is 42.9 Å². The van der Waals surface area contributed by atoms with E-state index in [0.29, 0.717) is 25.4 Å². The number of methoxy groups -OCH3 is 1. The fourth-order valence-corrected chi connectivity index (χ4v) is 2.94. The lowest BCUT2D eigenvalue weighted by atomic mass is 9.98. The summed E-state index contributed by atoms with van der Waals surface area (Å²) in [7, 11) is 1.66. The second kappa shape index (κ2) is 9.85. The molecular formula is C22H30N2O2. The second-order valence-corrected chi connectivity index (χ2v) is 6.82. The molecule has 0 unspecified atom stereocenters. The third kappa shape index (κ3) is 5.80. The van der Waals surface area contributed by atoms with Gasteiger partial charge in [0.05, 0.1) is 7.11 Å². The van der Waals surface area contributed by atoms with Gasteiger partial charge in [-0.1, -0.05) is 44.2 Å². The van der Waals surface area contributed by atoms with Crippen LogP contribution in [0.5, 0.6) is 5.75 Å². The molecule has 2 aromatic carbocycles. The molecule has 2 N–H and O–H groups in total. The van der Waals surface area contributed by atoms with E-state index in [2.05, 4.69) is 49.6 Å². The van der Waals surface area contributed by atoms with Crippen molar-refractivity contribution >= 4 is 11.6 Å². The number of carbonyl (C=O) groups excluding carboxylic acids is 1. The Balaban J connectivity index is 1.74. The van der Waals surface area contributed by atoms with Crippen LogP contribution in [-0.4, -0.2) is 26.1 Å². The van der Waals surface area contributed by atoms with Crippen molar-refractivity contribution in [1.29, 1.82) is 0 Å². The van der Waals surface area contributed by atoms with Crippen LogP contribution in [0.3, 0.4) is 0 Å². The summed E-state index contributed by atoms with van der Waals surface area (Å²) in [4.78, 5) is 12.1. The highest BCUT2D eigenvalue weighted by Crippen LogP contribution is 2.27. The molecule has 0 atom stereocenters. The van der Waals surface area contributed by atoms with Crippen molar-refractivity contribution in [3.8, 4) is 5.75 Å². The third-order valence-corrected chi connectivity index (χ3v) is 4.48. The number of hydrogen-bond acceptors (Lipinski definition) is 3. The lowest BCUT2D eigenvalue weighted by Crippen LogP contribution is -2.27. The Hall–Kier alpha value is -2.49. The fraction of sp³-hybridized carbons (Fsp3) is 0.409. The quantitative estimate of drug-likeness (QED) is 0.706. The van der Waals surface area contributed by atoms with Crippen LogP contribution in [0.15, 0.2) is 42.5 Å². The molecule has 26 heavy (non-hydrogen) atoms. The summed E-state index contributed by atoms with van der Waals surface area (Å²) in [5.41, 5.74) is 4.86. The van der Waals surface area contributed by atoms with E-state index in [1.54, 1.807) is 7.11 Å². The predicted molar refractivity (Wildman–Crippen MR) is 108 cm³/mol. The zero-order valence-electron chi connectivity index (χ0n) is 16.3. The highest BCUT2D eigenvalue weighted by molar-refractivity contribution is 5.76. The Morgan fingerprint density at radius 2 is 1.81 bits per heavy atom. The Labute approximate surface area is 157 Å². The van der Waals surface area contributed by atoms with E-state index in [1.807, 2.05) is 24.3 Å². The van der Waals surface area contributed by atoms with Crippen LogP contribution in [0, 0.1) is 6.92 Å². The van der Waals surface area contributed by atoms with Crippen molar-refractivity contribution in [3.05, 3.63) is 59.2 Å². The molecule has 2 rings (SSSR count). The van der Waals surface area contributed by atoms with Gasteiger partial charge in [-0.2, -0.15) is 0 Å². The first-order valence-electron chi connectivity index (χ1n) is 9.24. The molecule has 4 heteroatoms. The Bertz CT molecular complexity index is 709. The molecule has 0 spiro atoms. The first-order valence-corrected chi connectivity index (χ1v) is 9.24. The summed E-state index contributed by atoms with van der Waals surface area (Å²) in [6.45, 7) is 7.76. The van der Waals surface area contributed by atoms with Gasteiger partial charge in [0.25, 0.3) is 0 Å². The van der Waals surface area contributed by atoms with E-state index in [1.165, 1.54) is 16.7 Å². The maximum absolute atomic E-state index is 12.1. The van der Waals surface area contributed by atoms with Crippen LogP contribution in [0.4, 0.5) is 5.69 Å². The van der Waals surface area contributed by atoms with Crippen LogP contribution in [0.2, 0.25) is 0 Å². The number of carbonyl (C=O) groups is 1. The topological polar surface area (TPSA) is 50.4 Å². The van der Waals surface area contributed by atoms with Gasteiger partial charge in [0.1, 0.15) is 5.75 Å². The zero-order valence-corrected chi connectivity index (χ0v) is 16.3. The number of hydrogen-bond donors (Lipinski definition) is 2. The summed E-state index contributed by atoms with van der Waals surface area (Å²) in [5.74, 6) is 1.38. The first-order chi connectivity index (χ1) is 12.5. The fourth-order valence-electron chi connectivity index (χ4n) is 2.94. The molecule has 0 saturated heterocycles. The van der Waals surface area contributed by atoms with Gasteiger partial charge >= 0.3 is 0 Å². The molecule has 0 aromatic heterocycles. The van der Waals surface area contributed by atoms with Gasteiger partial charge in [0.2, 0.25) is 5.91 Å². The monoisotopic (exact) mass is 354 g/mol. The van der Waals surface area contributed by atoms with Gasteiger partial charge in [-0.05, 0) is 48.1 Å². The zero-order chi connectivity index (χ0) is 18.9. The highest BCUT2D eigenvalue weighted by atomic mass is 16.5. The lowest BCUT2D eigenvalue weighted by molar-refractivity contribution is -0.120. The third-order valence-electron chi connectivity index (χ3n) is 4.48. The van der Waals surface area contributed by atoms with Gasteiger partial charge in [-0.25, -0.2) is 0 Å². The van der Waals surface area contributed by atoms with Crippen LogP contribution >= 0.6 is 0 Å². The van der Waals surface area contributed by atoms with Crippen LogP contribution in [0.25, 0.3) is 0 Å². The lowest BCUT2D eigenvalue weighted by Gasteiger charge is -2.17. The van der Waals surface area contributed by atoms with Crippen molar-refractivity contribution in [2.75, 3.05) is 25.5 Å². The van der Waals surface area contributed by atoms with Gasteiger partial charge in [0, 0.05) is 25.2 Å². The maximum atomic E-state index is 12.1. The van der Waals surface area contributed by atoms with Gasteiger partial charge in [-0.3, -0.25) is 4.79 Å². The predicted octanol–water partition coefficient (Wildman–Crippen LogP) is 4.29. The molecule has 4 nitrogen and oxygen atoms in total. The Morgan fingerprint density at radius 3 is 2.46 bits per heavy atom. The van der Waals surface area contributed by atoms with Gasteiger partial charge < -0.3 is 15.4 Å². The van der Waals surface area contributed by atoms with Gasteiger partial charge in [-0.15, -0.1) is 0 Å². The molecule has 0 aliphatic carbocycles. The molecule has 0 saturated carbocycles. The number of aryl methyl sites for hydroxylation is 1. The molecule has 0 aliphatic rings.